The summed E-state index contributed by atoms with van der Waals surface area (Å²) in [4.78, 5) is 18.9. The summed E-state index contributed by atoms with van der Waals surface area (Å²) < 4.78 is 18.2. The van der Waals surface area contributed by atoms with Crippen LogP contribution in [0.5, 0.6) is 17.2 Å². The Bertz CT molecular complexity index is 1320. The number of carbonyl (C=O) groups is 1. The van der Waals surface area contributed by atoms with Crippen LogP contribution in [0.1, 0.15) is 21.7 Å². The van der Waals surface area contributed by atoms with E-state index in [1.165, 1.54) is 5.69 Å². The topological polar surface area (TPSA) is 68.7 Å². The number of rotatable bonds is 4. The maximum atomic E-state index is 13.5. The van der Waals surface area contributed by atoms with Crippen molar-refractivity contribution in [2.75, 3.05) is 27.9 Å². The quantitative estimate of drug-likeness (QED) is 0.545. The summed E-state index contributed by atoms with van der Waals surface area (Å²) in [5.41, 5.74) is 5.00. The standard InChI is InChI=1S/C24H25N3O4/c1-26-20-12-23(31-4)22(30-3)10-14(20)9-21(26)24(28)27-8-7-19-17(13-27)16-11-15(29-2)5-6-18(16)25-19/h5-6,9-12,25H,7-8,13H2,1-4H3. The van der Waals surface area contributed by atoms with E-state index in [0.29, 0.717) is 30.3 Å². The fourth-order valence-electron chi connectivity index (χ4n) is 4.52. The molecule has 0 fully saturated rings. The molecule has 1 amide bonds. The van der Waals surface area contributed by atoms with Crippen molar-refractivity contribution in [3.8, 4) is 17.2 Å². The first kappa shape index (κ1) is 19.4. The predicted molar refractivity (Wildman–Crippen MR) is 119 cm³/mol. The minimum atomic E-state index is 0.0135. The lowest BCUT2D eigenvalue weighted by molar-refractivity contribution is 0.0726. The molecule has 1 aliphatic rings. The van der Waals surface area contributed by atoms with Crippen LogP contribution < -0.4 is 14.2 Å². The minimum absolute atomic E-state index is 0.0135. The summed E-state index contributed by atoms with van der Waals surface area (Å²) in [5.74, 6) is 2.12. The van der Waals surface area contributed by atoms with Crippen LogP contribution in [0.3, 0.4) is 0 Å². The van der Waals surface area contributed by atoms with E-state index >= 15 is 0 Å². The molecule has 4 aromatic rings. The van der Waals surface area contributed by atoms with Crippen LogP contribution in [-0.4, -0.2) is 48.2 Å². The third-order valence-corrected chi connectivity index (χ3v) is 6.24. The van der Waals surface area contributed by atoms with Gasteiger partial charge in [-0.1, -0.05) is 0 Å². The van der Waals surface area contributed by atoms with Gasteiger partial charge in [0.1, 0.15) is 11.4 Å². The first-order chi connectivity index (χ1) is 15.0. The Labute approximate surface area is 180 Å². The van der Waals surface area contributed by atoms with Gasteiger partial charge in [0.05, 0.1) is 26.8 Å². The molecule has 7 heteroatoms. The molecule has 0 bridgehead atoms. The largest absolute Gasteiger partial charge is 0.497 e. The Morgan fingerprint density at radius 1 is 1.00 bits per heavy atom. The number of amides is 1. The Morgan fingerprint density at radius 2 is 1.77 bits per heavy atom. The van der Waals surface area contributed by atoms with E-state index in [4.69, 9.17) is 14.2 Å². The van der Waals surface area contributed by atoms with E-state index in [1.54, 1.807) is 21.3 Å². The lowest BCUT2D eigenvalue weighted by Gasteiger charge is -2.27. The Morgan fingerprint density at radius 3 is 2.52 bits per heavy atom. The van der Waals surface area contributed by atoms with Crippen LogP contribution in [0.2, 0.25) is 0 Å². The molecule has 0 radical (unpaired) electrons. The highest BCUT2D eigenvalue weighted by molar-refractivity contribution is 6.00. The monoisotopic (exact) mass is 419 g/mol. The Kier molecular flexibility index (Phi) is 4.54. The van der Waals surface area contributed by atoms with Gasteiger partial charge in [-0.05, 0) is 30.3 Å². The highest BCUT2D eigenvalue weighted by Crippen LogP contribution is 2.35. The van der Waals surface area contributed by atoms with E-state index in [0.717, 1.165) is 39.5 Å². The highest BCUT2D eigenvalue weighted by atomic mass is 16.5. The van der Waals surface area contributed by atoms with Crippen molar-refractivity contribution in [1.29, 1.82) is 0 Å². The third kappa shape index (κ3) is 3.00. The number of benzene rings is 2. The second-order valence-corrected chi connectivity index (χ2v) is 7.82. The fourth-order valence-corrected chi connectivity index (χ4v) is 4.52. The number of nitrogens with one attached hydrogen (secondary N) is 1. The first-order valence-corrected chi connectivity index (χ1v) is 10.2. The highest BCUT2D eigenvalue weighted by Gasteiger charge is 2.27. The van der Waals surface area contributed by atoms with Crippen molar-refractivity contribution in [3.63, 3.8) is 0 Å². The molecule has 0 saturated carbocycles. The maximum absolute atomic E-state index is 13.5. The van der Waals surface area contributed by atoms with Gasteiger partial charge in [-0.2, -0.15) is 0 Å². The van der Waals surface area contributed by atoms with E-state index < -0.39 is 0 Å². The van der Waals surface area contributed by atoms with Gasteiger partial charge in [0.2, 0.25) is 0 Å². The van der Waals surface area contributed by atoms with Gasteiger partial charge in [-0.15, -0.1) is 0 Å². The molecule has 7 nitrogen and oxygen atoms in total. The molecule has 0 unspecified atom stereocenters. The zero-order chi connectivity index (χ0) is 21.7. The lowest BCUT2D eigenvalue weighted by Crippen LogP contribution is -2.36. The molecule has 0 atom stereocenters. The summed E-state index contributed by atoms with van der Waals surface area (Å²) >= 11 is 0. The average Bonchev–Trinajstić information content (AvgIpc) is 3.33. The molecule has 2 aromatic heterocycles. The van der Waals surface area contributed by atoms with E-state index in [1.807, 2.05) is 52.9 Å². The average molecular weight is 419 g/mol. The van der Waals surface area contributed by atoms with Crippen LogP contribution in [-0.2, 0) is 20.0 Å². The number of aryl methyl sites for hydroxylation is 1. The molecule has 2 aromatic carbocycles. The summed E-state index contributed by atoms with van der Waals surface area (Å²) in [6.45, 7) is 1.24. The van der Waals surface area contributed by atoms with Gasteiger partial charge in [0, 0.05) is 60.2 Å². The van der Waals surface area contributed by atoms with Gasteiger partial charge < -0.3 is 28.7 Å². The van der Waals surface area contributed by atoms with Crippen LogP contribution >= 0.6 is 0 Å². The van der Waals surface area contributed by atoms with Gasteiger partial charge >= 0.3 is 0 Å². The molecule has 5 rings (SSSR count). The number of fused-ring (bicyclic) bond motifs is 4. The van der Waals surface area contributed by atoms with Crippen LogP contribution in [0.4, 0.5) is 0 Å². The molecule has 31 heavy (non-hydrogen) atoms. The van der Waals surface area contributed by atoms with Crippen molar-refractivity contribution in [3.05, 3.63) is 53.3 Å². The van der Waals surface area contributed by atoms with Crippen LogP contribution in [0.15, 0.2) is 36.4 Å². The molecule has 1 N–H and O–H groups in total. The SMILES string of the molecule is COc1ccc2[nH]c3c(c2c1)CN(C(=O)c1cc2cc(OC)c(OC)cc2n1C)CC3. The van der Waals surface area contributed by atoms with Crippen molar-refractivity contribution in [2.24, 2.45) is 7.05 Å². The Balaban J connectivity index is 1.51. The van der Waals surface area contributed by atoms with Gasteiger partial charge in [0.15, 0.2) is 11.5 Å². The Hall–Kier alpha value is -3.61. The number of hydrogen-bond acceptors (Lipinski definition) is 4. The predicted octanol–water partition coefficient (Wildman–Crippen LogP) is 3.88. The van der Waals surface area contributed by atoms with Crippen molar-refractivity contribution in [1.82, 2.24) is 14.5 Å². The van der Waals surface area contributed by atoms with E-state index in [-0.39, 0.29) is 5.91 Å². The number of nitrogens with zero attached hydrogens (tertiary/aromatic N) is 2. The number of aromatic nitrogens is 2. The zero-order valence-corrected chi connectivity index (χ0v) is 18.1. The molecular formula is C24H25N3O4. The zero-order valence-electron chi connectivity index (χ0n) is 18.1. The van der Waals surface area contributed by atoms with Crippen molar-refractivity contribution >= 4 is 27.7 Å². The number of ether oxygens (including phenoxy) is 3. The molecule has 0 spiro atoms. The van der Waals surface area contributed by atoms with Crippen LogP contribution in [0, 0.1) is 0 Å². The van der Waals surface area contributed by atoms with Gasteiger partial charge in [-0.25, -0.2) is 0 Å². The third-order valence-electron chi connectivity index (χ3n) is 6.24. The van der Waals surface area contributed by atoms with Crippen LogP contribution in [0.25, 0.3) is 21.8 Å². The second-order valence-electron chi connectivity index (χ2n) is 7.82. The van der Waals surface area contributed by atoms with Gasteiger partial charge in [0.25, 0.3) is 5.91 Å². The smallest absolute Gasteiger partial charge is 0.270 e. The molecule has 160 valence electrons. The number of aromatic amines is 1. The summed E-state index contributed by atoms with van der Waals surface area (Å²) in [6.07, 6.45) is 0.795. The summed E-state index contributed by atoms with van der Waals surface area (Å²) in [5, 5.41) is 2.05. The molecular weight excluding hydrogens is 394 g/mol. The molecule has 0 aliphatic carbocycles. The lowest BCUT2D eigenvalue weighted by atomic mass is 10.0. The second kappa shape index (κ2) is 7.27. The number of methoxy groups -OCH3 is 3. The fraction of sp³-hybridized carbons (Fsp3) is 0.292. The van der Waals surface area contributed by atoms with E-state index in [2.05, 4.69) is 4.98 Å². The molecule has 1 aliphatic heterocycles. The van der Waals surface area contributed by atoms with E-state index in [9.17, 15) is 4.79 Å². The number of H-pyrrole nitrogens is 1. The molecule has 0 saturated heterocycles. The van der Waals surface area contributed by atoms with Crippen molar-refractivity contribution in [2.45, 2.75) is 13.0 Å². The first-order valence-electron chi connectivity index (χ1n) is 10.2. The maximum Gasteiger partial charge on any atom is 0.270 e. The normalized spacial score (nSPS) is 13.5. The van der Waals surface area contributed by atoms with Gasteiger partial charge in [-0.3, -0.25) is 4.79 Å². The molecule has 3 heterocycles. The summed E-state index contributed by atoms with van der Waals surface area (Å²) in [6, 6.07) is 11.8. The minimum Gasteiger partial charge on any atom is -0.497 e. The number of carbonyl (C=O) groups excluding carboxylic acids is 1. The summed E-state index contributed by atoms with van der Waals surface area (Å²) in [7, 11) is 6.80. The number of hydrogen-bond donors (Lipinski definition) is 1. The van der Waals surface area contributed by atoms with Crippen molar-refractivity contribution < 1.29 is 19.0 Å².